The van der Waals surface area contributed by atoms with Gasteiger partial charge in [0.15, 0.2) is 5.65 Å². The number of aromatic nitrogens is 5. The van der Waals surface area contributed by atoms with Gasteiger partial charge >= 0.3 is 6.18 Å². The Balaban J connectivity index is 1.38. The summed E-state index contributed by atoms with van der Waals surface area (Å²) in [4.78, 5) is 28.4. The van der Waals surface area contributed by atoms with Crippen molar-refractivity contribution >= 4 is 28.6 Å². The van der Waals surface area contributed by atoms with Gasteiger partial charge in [0.2, 0.25) is 5.91 Å². The van der Waals surface area contributed by atoms with Gasteiger partial charge in [0.1, 0.15) is 23.6 Å². The largest absolute Gasteiger partial charge is 0.433 e. The minimum atomic E-state index is -4.68. The highest BCUT2D eigenvalue weighted by Crippen LogP contribution is 2.49. The minimum Gasteiger partial charge on any atom is -0.355 e. The number of alkyl halides is 6. The molecule has 14 heteroatoms. The number of carbonyl (C=O) groups excluding carboxylic acids is 1. The SMILES string of the molecule is O=C1CC2(CCN(c3cnc4cnn(CC(F)F)c4n3)CC2)C(CCF)N1c1ccnc(C(F)(F)F)c1. The summed E-state index contributed by atoms with van der Waals surface area (Å²) in [6.45, 7) is -0.486. The molecule has 2 aliphatic rings. The van der Waals surface area contributed by atoms with E-state index in [1.165, 1.54) is 23.4 Å². The zero-order valence-electron chi connectivity index (χ0n) is 19.5. The first-order chi connectivity index (χ1) is 17.6. The second kappa shape index (κ2) is 9.45. The van der Waals surface area contributed by atoms with Crippen molar-refractivity contribution in [2.45, 2.75) is 50.9 Å². The quantitative estimate of drug-likeness (QED) is 0.446. The molecule has 5 rings (SSSR count). The molecular formula is C23H23F6N7O. The highest BCUT2D eigenvalue weighted by molar-refractivity contribution is 5.97. The number of amides is 1. The van der Waals surface area contributed by atoms with Crippen molar-refractivity contribution in [3.8, 4) is 0 Å². The molecular weight excluding hydrogens is 504 g/mol. The lowest BCUT2D eigenvalue weighted by atomic mass is 9.71. The second-order valence-electron chi connectivity index (χ2n) is 9.34. The molecule has 8 nitrogen and oxygen atoms in total. The number of halogens is 6. The summed E-state index contributed by atoms with van der Waals surface area (Å²) in [5, 5.41) is 3.92. The maximum absolute atomic E-state index is 13.6. The van der Waals surface area contributed by atoms with Gasteiger partial charge in [-0.15, -0.1) is 0 Å². The third kappa shape index (κ3) is 4.68. The Hall–Kier alpha value is -3.45. The highest BCUT2D eigenvalue weighted by atomic mass is 19.4. The lowest BCUT2D eigenvalue weighted by molar-refractivity contribution is -0.141. The third-order valence-corrected chi connectivity index (χ3v) is 7.21. The topological polar surface area (TPSA) is 80.0 Å². The fraction of sp³-hybridized carbons (Fsp3) is 0.522. The number of piperidine rings is 1. The summed E-state index contributed by atoms with van der Waals surface area (Å²) in [5.41, 5.74) is -1.08. The molecule has 0 bridgehead atoms. The number of fused-ring (bicyclic) bond motifs is 1. The van der Waals surface area contributed by atoms with Crippen LogP contribution in [0.5, 0.6) is 0 Å². The van der Waals surface area contributed by atoms with Crippen molar-refractivity contribution in [3.05, 3.63) is 36.4 Å². The van der Waals surface area contributed by atoms with Crippen LogP contribution < -0.4 is 9.80 Å². The number of rotatable bonds is 6. The molecule has 0 saturated carbocycles. The lowest BCUT2D eigenvalue weighted by Crippen LogP contribution is -2.48. The van der Waals surface area contributed by atoms with Crippen LogP contribution in [0.4, 0.5) is 37.8 Å². The molecule has 2 aliphatic heterocycles. The normalized spacial score (nSPS) is 20.1. The van der Waals surface area contributed by atoms with Crippen LogP contribution in [0.15, 0.2) is 30.7 Å². The van der Waals surface area contributed by atoms with Crippen LogP contribution in [-0.2, 0) is 17.5 Å². The van der Waals surface area contributed by atoms with E-state index in [4.69, 9.17) is 0 Å². The number of pyridine rings is 1. The Morgan fingerprint density at radius 2 is 1.89 bits per heavy atom. The van der Waals surface area contributed by atoms with Crippen LogP contribution in [0.2, 0.25) is 0 Å². The van der Waals surface area contributed by atoms with Gasteiger partial charge in [-0.2, -0.15) is 18.3 Å². The van der Waals surface area contributed by atoms with Gasteiger partial charge in [0.25, 0.3) is 6.43 Å². The fourth-order valence-electron chi connectivity index (χ4n) is 5.49. The predicted octanol–water partition coefficient (Wildman–Crippen LogP) is 4.26. The van der Waals surface area contributed by atoms with Crippen LogP contribution >= 0.6 is 0 Å². The van der Waals surface area contributed by atoms with E-state index in [1.807, 2.05) is 4.90 Å². The Morgan fingerprint density at radius 1 is 1.14 bits per heavy atom. The number of anilines is 2. The van der Waals surface area contributed by atoms with Gasteiger partial charge in [-0.3, -0.25) is 14.2 Å². The van der Waals surface area contributed by atoms with Gasteiger partial charge in [0, 0.05) is 42.9 Å². The summed E-state index contributed by atoms with van der Waals surface area (Å²) < 4.78 is 80.2. The first kappa shape index (κ1) is 25.2. The molecule has 1 atom stereocenters. The van der Waals surface area contributed by atoms with Crippen molar-refractivity contribution < 1.29 is 31.1 Å². The molecule has 0 aliphatic carbocycles. The summed E-state index contributed by atoms with van der Waals surface area (Å²) in [6.07, 6.45) is -2.39. The zero-order valence-corrected chi connectivity index (χ0v) is 19.5. The maximum Gasteiger partial charge on any atom is 0.433 e. The van der Waals surface area contributed by atoms with E-state index in [9.17, 15) is 31.1 Å². The smallest absolute Gasteiger partial charge is 0.355 e. The molecule has 5 heterocycles. The predicted molar refractivity (Wildman–Crippen MR) is 121 cm³/mol. The minimum absolute atomic E-state index is 0.00596. The molecule has 3 aromatic heterocycles. The molecule has 2 saturated heterocycles. The highest BCUT2D eigenvalue weighted by Gasteiger charge is 2.53. The molecule has 198 valence electrons. The summed E-state index contributed by atoms with van der Waals surface area (Å²) in [7, 11) is 0. The van der Waals surface area contributed by atoms with Crippen LogP contribution in [0.25, 0.3) is 11.2 Å². The van der Waals surface area contributed by atoms with Crippen LogP contribution in [0.1, 0.15) is 31.4 Å². The Labute approximate surface area is 207 Å². The number of nitrogens with zero attached hydrogens (tertiary/aromatic N) is 7. The van der Waals surface area contributed by atoms with Crippen molar-refractivity contribution in [2.24, 2.45) is 5.41 Å². The monoisotopic (exact) mass is 527 g/mol. The maximum atomic E-state index is 13.6. The Morgan fingerprint density at radius 3 is 2.57 bits per heavy atom. The van der Waals surface area contributed by atoms with E-state index in [0.29, 0.717) is 37.3 Å². The van der Waals surface area contributed by atoms with Crippen molar-refractivity contribution in [1.82, 2.24) is 24.7 Å². The summed E-state index contributed by atoms with van der Waals surface area (Å²) in [6, 6.07) is 1.54. The average Bonchev–Trinajstić information content (AvgIpc) is 3.36. The average molecular weight is 527 g/mol. The van der Waals surface area contributed by atoms with Crippen molar-refractivity contribution in [2.75, 3.05) is 29.6 Å². The molecule has 1 amide bonds. The second-order valence-corrected chi connectivity index (χ2v) is 9.34. The third-order valence-electron chi connectivity index (χ3n) is 7.21. The molecule has 2 fully saturated rings. The first-order valence-corrected chi connectivity index (χ1v) is 11.7. The Bertz CT molecular complexity index is 1290. The van der Waals surface area contributed by atoms with Gasteiger partial charge in [0.05, 0.1) is 19.1 Å². The standard InChI is InChI=1S/C23H23F6N7O/c24-5-1-17-22(10-20(37)36(17)14-2-6-30-16(9-14)23(27,28)29)3-7-34(8-4-22)19-12-31-15-11-32-35(13-18(25)26)21(15)33-19/h2,6,9,11-12,17-18H,1,3-5,7-8,10,13H2. The first-order valence-electron chi connectivity index (χ1n) is 11.7. The molecule has 1 unspecified atom stereocenters. The van der Waals surface area contributed by atoms with E-state index in [2.05, 4.69) is 20.1 Å². The molecule has 0 N–H and O–H groups in total. The summed E-state index contributed by atoms with van der Waals surface area (Å²) in [5.74, 6) is 0.105. The molecule has 0 radical (unpaired) electrons. The van der Waals surface area contributed by atoms with Crippen LogP contribution in [-0.4, -0.2) is 62.9 Å². The van der Waals surface area contributed by atoms with E-state index in [0.717, 1.165) is 16.9 Å². The van der Waals surface area contributed by atoms with Crippen LogP contribution in [0, 0.1) is 5.41 Å². The molecule has 0 aromatic carbocycles. The Kier molecular flexibility index (Phi) is 6.44. The van der Waals surface area contributed by atoms with Crippen molar-refractivity contribution in [3.63, 3.8) is 0 Å². The number of carbonyl (C=O) groups is 1. The molecule has 37 heavy (non-hydrogen) atoms. The molecule has 1 spiro atoms. The molecule has 3 aromatic rings. The van der Waals surface area contributed by atoms with E-state index < -0.39 is 43.0 Å². The van der Waals surface area contributed by atoms with Gasteiger partial charge < -0.3 is 9.80 Å². The van der Waals surface area contributed by atoms with Gasteiger partial charge in [-0.05, 0) is 31.4 Å². The van der Waals surface area contributed by atoms with E-state index in [1.54, 1.807) is 0 Å². The summed E-state index contributed by atoms with van der Waals surface area (Å²) >= 11 is 0. The van der Waals surface area contributed by atoms with Crippen LogP contribution in [0.3, 0.4) is 0 Å². The van der Waals surface area contributed by atoms with E-state index in [-0.39, 0.29) is 30.1 Å². The fourth-order valence-corrected chi connectivity index (χ4v) is 5.49. The number of hydrogen-bond acceptors (Lipinski definition) is 6. The zero-order chi connectivity index (χ0) is 26.4. The number of hydrogen-bond donors (Lipinski definition) is 0. The van der Waals surface area contributed by atoms with Gasteiger partial charge in [-0.1, -0.05) is 0 Å². The van der Waals surface area contributed by atoms with Gasteiger partial charge in [-0.25, -0.2) is 23.4 Å². The van der Waals surface area contributed by atoms with Crippen molar-refractivity contribution in [1.29, 1.82) is 0 Å². The lowest BCUT2D eigenvalue weighted by Gasteiger charge is -2.44. The van der Waals surface area contributed by atoms with E-state index >= 15 is 0 Å².